The third-order valence-electron chi connectivity index (χ3n) is 4.38. The van der Waals surface area contributed by atoms with Crippen LogP contribution in [0.1, 0.15) is 50.7 Å². The van der Waals surface area contributed by atoms with Crippen molar-refractivity contribution in [3.63, 3.8) is 0 Å². The van der Waals surface area contributed by atoms with Crippen LogP contribution in [-0.4, -0.2) is 35.9 Å². The fourth-order valence-corrected chi connectivity index (χ4v) is 3.10. The van der Waals surface area contributed by atoms with Crippen molar-refractivity contribution in [1.29, 1.82) is 0 Å². The molecule has 0 radical (unpaired) electrons. The molecule has 0 heterocycles. The molecular weight excluding hydrogens is 304 g/mol. The number of aliphatic hydroxyl groups excluding tert-OH is 1. The number of nitrogens with one attached hydrogen (secondary N) is 2. The van der Waals surface area contributed by atoms with Gasteiger partial charge in [-0.2, -0.15) is 0 Å². The summed E-state index contributed by atoms with van der Waals surface area (Å²) in [5, 5.41) is 15.0. The van der Waals surface area contributed by atoms with Crippen LogP contribution >= 0.6 is 0 Å². The van der Waals surface area contributed by atoms with E-state index < -0.39 is 0 Å². The van der Waals surface area contributed by atoms with E-state index in [1.54, 1.807) is 0 Å². The molecule has 0 atom stereocenters. The molecule has 5 nitrogen and oxygen atoms in total. The van der Waals surface area contributed by atoms with Crippen molar-refractivity contribution in [2.75, 3.05) is 6.54 Å². The van der Waals surface area contributed by atoms with Crippen molar-refractivity contribution in [2.24, 2.45) is 0 Å². The number of hydrogen-bond donors (Lipinski definition) is 3. The van der Waals surface area contributed by atoms with Gasteiger partial charge in [-0.1, -0.05) is 24.3 Å². The molecule has 3 N–H and O–H groups in total. The van der Waals surface area contributed by atoms with Crippen LogP contribution < -0.4 is 10.6 Å². The lowest BCUT2D eigenvalue weighted by Crippen LogP contribution is -2.45. The minimum atomic E-state index is -0.0878. The van der Waals surface area contributed by atoms with Gasteiger partial charge in [-0.25, -0.2) is 4.79 Å². The van der Waals surface area contributed by atoms with Crippen LogP contribution in [0, 0.1) is 0 Å². The molecule has 1 aromatic carbocycles. The smallest absolute Gasteiger partial charge is 0.315 e. The van der Waals surface area contributed by atoms with Gasteiger partial charge in [0.2, 0.25) is 0 Å². The maximum atomic E-state index is 12.0. The Kier molecular flexibility index (Phi) is 7.53. The predicted molar refractivity (Wildman–Crippen MR) is 94.9 cm³/mol. The van der Waals surface area contributed by atoms with Crippen molar-refractivity contribution in [2.45, 2.75) is 70.8 Å². The number of carbonyl (C=O) groups is 1. The van der Waals surface area contributed by atoms with Gasteiger partial charge in [0.05, 0.1) is 18.8 Å². The second-order valence-corrected chi connectivity index (χ2v) is 6.78. The number of amides is 2. The number of carbonyl (C=O) groups excluding carboxylic acids is 1. The summed E-state index contributed by atoms with van der Waals surface area (Å²) in [6, 6.07) is 7.96. The summed E-state index contributed by atoms with van der Waals surface area (Å²) in [6.45, 7) is 4.80. The number of rotatable bonds is 7. The molecule has 134 valence electrons. The fraction of sp³-hybridized carbons (Fsp3) is 0.632. The number of ether oxygens (including phenoxy) is 1. The zero-order valence-electron chi connectivity index (χ0n) is 14.8. The van der Waals surface area contributed by atoms with Gasteiger partial charge in [-0.15, -0.1) is 0 Å². The van der Waals surface area contributed by atoms with Crippen LogP contribution in [0.3, 0.4) is 0 Å². The maximum Gasteiger partial charge on any atom is 0.315 e. The molecule has 1 fully saturated rings. The summed E-state index contributed by atoms with van der Waals surface area (Å²) in [7, 11) is 0. The van der Waals surface area contributed by atoms with E-state index in [1.807, 2.05) is 24.3 Å². The third kappa shape index (κ3) is 6.49. The van der Waals surface area contributed by atoms with Crippen molar-refractivity contribution in [1.82, 2.24) is 10.6 Å². The van der Waals surface area contributed by atoms with E-state index in [0.717, 1.165) is 43.2 Å². The standard InChI is InChI=1S/C19H30N2O3/c1-14(2)24-18-9-7-17(8-10-18)21-19(23)20-12-11-15-3-5-16(13-22)6-4-15/h3-6,14,17-18,22H,7-13H2,1-2H3,(H2,20,21,23). The van der Waals surface area contributed by atoms with Gasteiger partial charge in [0, 0.05) is 12.6 Å². The van der Waals surface area contributed by atoms with E-state index in [9.17, 15) is 4.79 Å². The van der Waals surface area contributed by atoms with Gasteiger partial charge in [0.1, 0.15) is 0 Å². The first kappa shape index (κ1) is 18.7. The van der Waals surface area contributed by atoms with Crippen molar-refractivity contribution in [3.05, 3.63) is 35.4 Å². The first-order chi connectivity index (χ1) is 11.6. The topological polar surface area (TPSA) is 70.6 Å². The molecule has 0 saturated heterocycles. The number of benzene rings is 1. The molecule has 1 saturated carbocycles. The Morgan fingerprint density at radius 1 is 1.17 bits per heavy atom. The zero-order valence-corrected chi connectivity index (χ0v) is 14.8. The summed E-state index contributed by atoms with van der Waals surface area (Å²) >= 11 is 0. The Morgan fingerprint density at radius 3 is 2.38 bits per heavy atom. The van der Waals surface area contributed by atoms with Gasteiger partial charge in [0.15, 0.2) is 0 Å². The molecule has 5 heteroatoms. The molecule has 0 spiro atoms. The van der Waals surface area contributed by atoms with Gasteiger partial charge in [0.25, 0.3) is 0 Å². The molecule has 1 aliphatic rings. The summed E-state index contributed by atoms with van der Waals surface area (Å²) in [5.41, 5.74) is 2.06. The van der Waals surface area contributed by atoms with Gasteiger partial charge in [-0.3, -0.25) is 0 Å². The van der Waals surface area contributed by atoms with Gasteiger partial charge >= 0.3 is 6.03 Å². The van der Waals surface area contributed by atoms with Crippen molar-refractivity contribution >= 4 is 6.03 Å². The number of hydrogen-bond acceptors (Lipinski definition) is 3. The summed E-state index contributed by atoms with van der Waals surface area (Å²) < 4.78 is 5.83. The fourth-order valence-electron chi connectivity index (χ4n) is 3.10. The molecule has 1 aliphatic carbocycles. The van der Waals surface area contributed by atoms with Crippen LogP contribution in [0.5, 0.6) is 0 Å². The minimum absolute atomic E-state index is 0.0609. The molecule has 1 aromatic rings. The van der Waals surface area contributed by atoms with Crippen LogP contribution in [0.2, 0.25) is 0 Å². The monoisotopic (exact) mass is 334 g/mol. The molecule has 24 heavy (non-hydrogen) atoms. The lowest BCUT2D eigenvalue weighted by Gasteiger charge is -2.30. The lowest BCUT2D eigenvalue weighted by molar-refractivity contribution is -0.0155. The van der Waals surface area contributed by atoms with Crippen LogP contribution in [0.25, 0.3) is 0 Å². The third-order valence-corrected chi connectivity index (χ3v) is 4.38. The van der Waals surface area contributed by atoms with Crippen LogP contribution in [0.4, 0.5) is 4.79 Å². The van der Waals surface area contributed by atoms with Gasteiger partial charge < -0.3 is 20.5 Å². The Balaban J connectivity index is 1.61. The molecule has 2 rings (SSSR count). The first-order valence-electron chi connectivity index (χ1n) is 8.95. The van der Waals surface area contributed by atoms with E-state index in [1.165, 1.54) is 0 Å². The average molecular weight is 334 g/mol. The van der Waals surface area contributed by atoms with Crippen LogP contribution in [-0.2, 0) is 17.8 Å². The summed E-state index contributed by atoms with van der Waals surface area (Å²) in [4.78, 5) is 12.0. The van der Waals surface area contributed by atoms with E-state index in [4.69, 9.17) is 9.84 Å². The zero-order chi connectivity index (χ0) is 17.4. The highest BCUT2D eigenvalue weighted by molar-refractivity contribution is 5.74. The molecule has 0 bridgehead atoms. The van der Waals surface area contributed by atoms with Crippen molar-refractivity contribution < 1.29 is 14.6 Å². The van der Waals surface area contributed by atoms with Gasteiger partial charge in [-0.05, 0) is 57.1 Å². The Hall–Kier alpha value is -1.59. The Labute approximate surface area is 144 Å². The normalized spacial score (nSPS) is 20.8. The second kappa shape index (κ2) is 9.64. The number of urea groups is 1. The molecular formula is C19H30N2O3. The van der Waals surface area contributed by atoms with E-state index in [-0.39, 0.29) is 24.8 Å². The largest absolute Gasteiger partial charge is 0.392 e. The Bertz CT molecular complexity index is 494. The molecule has 2 amide bonds. The number of aliphatic hydroxyl groups is 1. The SMILES string of the molecule is CC(C)OC1CCC(NC(=O)NCCc2ccc(CO)cc2)CC1. The molecule has 0 aliphatic heterocycles. The summed E-state index contributed by atoms with van der Waals surface area (Å²) in [6.07, 6.45) is 5.39. The van der Waals surface area contributed by atoms with Crippen LogP contribution in [0.15, 0.2) is 24.3 Å². The predicted octanol–water partition coefficient (Wildman–Crippen LogP) is 2.76. The minimum Gasteiger partial charge on any atom is -0.392 e. The highest BCUT2D eigenvalue weighted by atomic mass is 16.5. The molecule has 0 aromatic heterocycles. The quantitative estimate of drug-likeness (QED) is 0.718. The van der Waals surface area contributed by atoms with Crippen molar-refractivity contribution in [3.8, 4) is 0 Å². The summed E-state index contributed by atoms with van der Waals surface area (Å²) in [5.74, 6) is 0. The maximum absolute atomic E-state index is 12.0. The molecule has 0 unspecified atom stereocenters. The second-order valence-electron chi connectivity index (χ2n) is 6.78. The van der Waals surface area contributed by atoms with E-state index in [2.05, 4.69) is 24.5 Å². The highest BCUT2D eigenvalue weighted by Gasteiger charge is 2.23. The Morgan fingerprint density at radius 2 is 1.79 bits per heavy atom. The van der Waals surface area contributed by atoms with E-state index in [0.29, 0.717) is 12.6 Å². The first-order valence-corrected chi connectivity index (χ1v) is 8.95. The van der Waals surface area contributed by atoms with E-state index >= 15 is 0 Å². The lowest BCUT2D eigenvalue weighted by atomic mass is 9.93. The average Bonchev–Trinajstić information content (AvgIpc) is 2.57. The highest BCUT2D eigenvalue weighted by Crippen LogP contribution is 2.22.